The smallest absolute Gasteiger partial charge is 0.0733 e. The number of benzene rings is 1. The Bertz CT molecular complexity index is 502. The molecule has 17 heavy (non-hydrogen) atoms. The van der Waals surface area contributed by atoms with E-state index in [1.54, 1.807) is 19.5 Å². The van der Waals surface area contributed by atoms with Crippen molar-refractivity contribution in [2.75, 3.05) is 12.4 Å². The number of hydrogen-bond acceptors (Lipinski definition) is 3. The van der Waals surface area contributed by atoms with Crippen LogP contribution in [-0.4, -0.2) is 12.1 Å². The monoisotopic (exact) mass is 292 g/mol. The summed E-state index contributed by atoms with van der Waals surface area (Å²) in [6, 6.07) is 9.99. The molecule has 0 saturated carbocycles. The zero-order valence-electron chi connectivity index (χ0n) is 9.48. The molecule has 0 amide bonds. The fourth-order valence-corrected chi connectivity index (χ4v) is 1.89. The van der Waals surface area contributed by atoms with Crippen LogP contribution in [0.3, 0.4) is 0 Å². The Kier molecular flexibility index (Phi) is 4.12. The van der Waals surface area contributed by atoms with E-state index in [-0.39, 0.29) is 0 Å². The molecule has 0 saturated heterocycles. The van der Waals surface area contributed by atoms with Gasteiger partial charge in [0.2, 0.25) is 0 Å². The Morgan fingerprint density at radius 1 is 1.24 bits per heavy atom. The summed E-state index contributed by atoms with van der Waals surface area (Å²) >= 11 is 3.46. The van der Waals surface area contributed by atoms with E-state index in [4.69, 9.17) is 4.74 Å². The number of nitrogens with zero attached hydrogens (tertiary/aromatic N) is 1. The van der Waals surface area contributed by atoms with Gasteiger partial charge >= 0.3 is 0 Å². The first-order valence-electron chi connectivity index (χ1n) is 5.24. The van der Waals surface area contributed by atoms with Crippen LogP contribution in [0.5, 0.6) is 0 Å². The number of halogens is 1. The van der Waals surface area contributed by atoms with Gasteiger partial charge in [0, 0.05) is 30.8 Å². The third-order valence-electron chi connectivity index (χ3n) is 2.36. The van der Waals surface area contributed by atoms with Gasteiger partial charge in [0.25, 0.3) is 0 Å². The second kappa shape index (κ2) is 5.80. The van der Waals surface area contributed by atoms with E-state index in [9.17, 15) is 0 Å². The van der Waals surface area contributed by atoms with Crippen molar-refractivity contribution in [1.29, 1.82) is 0 Å². The summed E-state index contributed by atoms with van der Waals surface area (Å²) in [4.78, 5) is 4.03. The summed E-state index contributed by atoms with van der Waals surface area (Å²) in [5.74, 6) is 0. The normalized spacial score (nSPS) is 10.2. The maximum absolute atomic E-state index is 5.17. The van der Waals surface area contributed by atoms with Crippen LogP contribution in [-0.2, 0) is 11.3 Å². The molecule has 0 spiro atoms. The van der Waals surface area contributed by atoms with Crippen molar-refractivity contribution in [3.05, 3.63) is 52.8 Å². The third-order valence-corrected chi connectivity index (χ3v) is 2.99. The Labute approximate surface area is 109 Å². The molecule has 0 atom stereocenters. The molecule has 88 valence electrons. The largest absolute Gasteiger partial charge is 0.380 e. The standard InChI is InChI=1S/C13H13BrN2O/c1-17-9-10-4-2-3-5-12(10)16-13-6-7-15-8-11(13)14/h2-8H,9H2,1H3,(H,15,16). The van der Waals surface area contributed by atoms with Gasteiger partial charge in [-0.1, -0.05) is 18.2 Å². The number of anilines is 2. The number of hydrogen-bond donors (Lipinski definition) is 1. The lowest BCUT2D eigenvalue weighted by Gasteiger charge is -2.12. The molecule has 3 nitrogen and oxygen atoms in total. The number of para-hydroxylation sites is 1. The highest BCUT2D eigenvalue weighted by molar-refractivity contribution is 9.10. The fraction of sp³-hybridized carbons (Fsp3) is 0.154. The van der Waals surface area contributed by atoms with Crippen molar-refractivity contribution in [3.8, 4) is 0 Å². The number of ether oxygens (including phenoxy) is 1. The molecular weight excluding hydrogens is 280 g/mol. The van der Waals surface area contributed by atoms with Crippen LogP contribution in [0.4, 0.5) is 11.4 Å². The predicted molar refractivity (Wildman–Crippen MR) is 72.4 cm³/mol. The summed E-state index contributed by atoms with van der Waals surface area (Å²) in [5.41, 5.74) is 3.16. The molecule has 1 heterocycles. The summed E-state index contributed by atoms with van der Waals surface area (Å²) in [6.45, 7) is 0.589. The van der Waals surface area contributed by atoms with E-state index in [2.05, 4.69) is 26.2 Å². The molecule has 0 fully saturated rings. The number of nitrogens with one attached hydrogen (secondary N) is 1. The molecule has 0 bridgehead atoms. The second-order valence-electron chi connectivity index (χ2n) is 3.57. The van der Waals surface area contributed by atoms with Crippen LogP contribution in [0.1, 0.15) is 5.56 Å². The Morgan fingerprint density at radius 3 is 2.82 bits per heavy atom. The molecule has 0 aliphatic rings. The summed E-state index contributed by atoms with van der Waals surface area (Å²) in [6.07, 6.45) is 3.52. The minimum Gasteiger partial charge on any atom is -0.380 e. The SMILES string of the molecule is COCc1ccccc1Nc1ccncc1Br. The highest BCUT2D eigenvalue weighted by Gasteiger charge is 2.03. The average Bonchev–Trinajstić information content (AvgIpc) is 2.35. The van der Waals surface area contributed by atoms with Gasteiger partial charge < -0.3 is 10.1 Å². The molecule has 0 aliphatic carbocycles. The summed E-state index contributed by atoms with van der Waals surface area (Å²) in [7, 11) is 1.69. The maximum Gasteiger partial charge on any atom is 0.0733 e. The van der Waals surface area contributed by atoms with Gasteiger partial charge in [0.05, 0.1) is 16.8 Å². The number of methoxy groups -OCH3 is 1. The zero-order valence-corrected chi connectivity index (χ0v) is 11.1. The average molecular weight is 293 g/mol. The molecular formula is C13H13BrN2O. The highest BCUT2D eigenvalue weighted by Crippen LogP contribution is 2.26. The van der Waals surface area contributed by atoms with Crippen molar-refractivity contribution in [2.24, 2.45) is 0 Å². The van der Waals surface area contributed by atoms with Crippen LogP contribution in [0.25, 0.3) is 0 Å². The lowest BCUT2D eigenvalue weighted by Crippen LogP contribution is -1.97. The molecule has 1 aromatic heterocycles. The molecule has 4 heteroatoms. The zero-order chi connectivity index (χ0) is 12.1. The van der Waals surface area contributed by atoms with Crippen molar-refractivity contribution in [1.82, 2.24) is 4.98 Å². The summed E-state index contributed by atoms with van der Waals surface area (Å²) in [5, 5.41) is 3.36. The summed E-state index contributed by atoms with van der Waals surface area (Å²) < 4.78 is 6.11. The van der Waals surface area contributed by atoms with Crippen molar-refractivity contribution in [2.45, 2.75) is 6.61 Å². The van der Waals surface area contributed by atoms with Gasteiger partial charge in [-0.3, -0.25) is 4.98 Å². The number of pyridine rings is 1. The molecule has 0 radical (unpaired) electrons. The van der Waals surface area contributed by atoms with Gasteiger partial charge in [-0.25, -0.2) is 0 Å². The molecule has 2 rings (SSSR count). The Morgan fingerprint density at radius 2 is 2.06 bits per heavy atom. The van der Waals surface area contributed by atoms with Crippen LogP contribution in [0.15, 0.2) is 47.2 Å². The van der Waals surface area contributed by atoms with Gasteiger partial charge in [-0.05, 0) is 28.1 Å². The molecule has 0 aliphatic heterocycles. The quantitative estimate of drug-likeness (QED) is 0.932. The Hall–Kier alpha value is -1.39. The van der Waals surface area contributed by atoms with E-state index in [1.807, 2.05) is 30.3 Å². The lowest BCUT2D eigenvalue weighted by molar-refractivity contribution is 0.185. The van der Waals surface area contributed by atoms with Crippen molar-refractivity contribution in [3.63, 3.8) is 0 Å². The van der Waals surface area contributed by atoms with Gasteiger partial charge in [0.1, 0.15) is 0 Å². The van der Waals surface area contributed by atoms with Gasteiger partial charge in [0.15, 0.2) is 0 Å². The first-order valence-corrected chi connectivity index (χ1v) is 6.04. The van der Waals surface area contributed by atoms with Crippen molar-refractivity contribution >= 4 is 27.3 Å². The topological polar surface area (TPSA) is 34.1 Å². The molecule has 1 aromatic carbocycles. The Balaban J connectivity index is 2.27. The van der Waals surface area contributed by atoms with Crippen LogP contribution < -0.4 is 5.32 Å². The minimum atomic E-state index is 0.589. The van der Waals surface area contributed by atoms with Gasteiger partial charge in [-0.2, -0.15) is 0 Å². The van der Waals surface area contributed by atoms with Crippen molar-refractivity contribution < 1.29 is 4.74 Å². The minimum absolute atomic E-state index is 0.589. The van der Waals surface area contributed by atoms with E-state index >= 15 is 0 Å². The van der Waals surface area contributed by atoms with Gasteiger partial charge in [-0.15, -0.1) is 0 Å². The predicted octanol–water partition coefficient (Wildman–Crippen LogP) is 3.73. The third kappa shape index (κ3) is 3.05. The molecule has 0 unspecified atom stereocenters. The van der Waals surface area contributed by atoms with Crippen LogP contribution >= 0.6 is 15.9 Å². The lowest BCUT2D eigenvalue weighted by atomic mass is 10.2. The highest BCUT2D eigenvalue weighted by atomic mass is 79.9. The van der Waals surface area contributed by atoms with E-state index in [0.29, 0.717) is 6.61 Å². The van der Waals surface area contributed by atoms with Crippen LogP contribution in [0.2, 0.25) is 0 Å². The second-order valence-corrected chi connectivity index (χ2v) is 4.43. The number of aromatic nitrogens is 1. The number of rotatable bonds is 4. The molecule has 1 N–H and O–H groups in total. The molecule has 2 aromatic rings. The first-order chi connectivity index (χ1) is 8.31. The fourth-order valence-electron chi connectivity index (χ4n) is 1.55. The first kappa shape index (κ1) is 12.1. The maximum atomic E-state index is 5.17. The van der Waals surface area contributed by atoms with E-state index < -0.39 is 0 Å². The van der Waals surface area contributed by atoms with Crippen LogP contribution in [0, 0.1) is 0 Å². The van der Waals surface area contributed by atoms with E-state index in [0.717, 1.165) is 21.4 Å². The van der Waals surface area contributed by atoms with E-state index in [1.165, 1.54) is 0 Å².